The molecule has 9 heteroatoms. The van der Waals surface area contributed by atoms with Crippen LogP contribution in [-0.2, 0) is 0 Å². The first-order valence-corrected chi connectivity index (χ1v) is 9.82. The number of nitro groups is 1. The minimum atomic E-state index is -0.397. The Labute approximate surface area is 160 Å². The van der Waals surface area contributed by atoms with Crippen LogP contribution in [0.25, 0.3) is 4.96 Å². The highest BCUT2D eigenvalue weighted by molar-refractivity contribution is 7.17. The summed E-state index contributed by atoms with van der Waals surface area (Å²) >= 11 is 1.42. The Kier molecular flexibility index (Phi) is 4.56. The Balaban J connectivity index is 1.82. The van der Waals surface area contributed by atoms with Crippen LogP contribution in [0.3, 0.4) is 0 Å². The van der Waals surface area contributed by atoms with Crippen LogP contribution < -0.4 is 0 Å². The summed E-state index contributed by atoms with van der Waals surface area (Å²) in [6.45, 7) is 4.89. The van der Waals surface area contributed by atoms with Crippen molar-refractivity contribution >= 4 is 22.0 Å². The fourth-order valence-corrected chi connectivity index (χ4v) is 4.95. The van der Waals surface area contributed by atoms with Crippen molar-refractivity contribution in [3.63, 3.8) is 0 Å². The van der Waals surface area contributed by atoms with Gasteiger partial charge in [0.05, 0.1) is 15.8 Å². The van der Waals surface area contributed by atoms with Crippen molar-refractivity contribution < 1.29 is 10.0 Å². The third-order valence-electron chi connectivity index (χ3n) is 5.16. The second kappa shape index (κ2) is 6.90. The average Bonchev–Trinajstić information content (AvgIpc) is 3.15. The zero-order valence-corrected chi connectivity index (χ0v) is 16.0. The van der Waals surface area contributed by atoms with E-state index >= 15 is 0 Å². The minimum Gasteiger partial charge on any atom is -0.492 e. The number of hydrogen-bond donors (Lipinski definition) is 1. The van der Waals surface area contributed by atoms with Crippen molar-refractivity contribution in [2.24, 2.45) is 0 Å². The Bertz CT molecular complexity index is 981. The van der Waals surface area contributed by atoms with E-state index in [4.69, 9.17) is 0 Å². The third kappa shape index (κ3) is 3.17. The minimum absolute atomic E-state index is 0.0617. The van der Waals surface area contributed by atoms with Crippen molar-refractivity contribution in [2.45, 2.75) is 45.2 Å². The van der Waals surface area contributed by atoms with Gasteiger partial charge in [0.25, 0.3) is 5.69 Å². The lowest BCUT2D eigenvalue weighted by atomic mass is 9.96. The molecule has 3 heterocycles. The molecule has 0 aliphatic carbocycles. The molecule has 0 saturated carbocycles. The van der Waals surface area contributed by atoms with E-state index in [1.165, 1.54) is 34.4 Å². The van der Waals surface area contributed by atoms with Crippen LogP contribution in [0.15, 0.2) is 24.3 Å². The van der Waals surface area contributed by atoms with Gasteiger partial charge in [-0.2, -0.15) is 4.52 Å². The molecule has 4 rings (SSSR count). The number of aryl methyl sites for hydroxylation is 1. The molecule has 27 heavy (non-hydrogen) atoms. The quantitative estimate of drug-likeness (QED) is 0.542. The second-order valence-corrected chi connectivity index (χ2v) is 7.99. The number of benzene rings is 1. The SMILES string of the molecule is Cc1nc2sc(C(c3ccc([N+](=O)[O-])cc3)N3CCCCC3C)c(O)n2n1. The van der Waals surface area contributed by atoms with E-state index in [9.17, 15) is 15.2 Å². The van der Waals surface area contributed by atoms with Crippen LogP contribution in [-0.4, -0.2) is 42.1 Å². The van der Waals surface area contributed by atoms with Gasteiger partial charge in [0.15, 0.2) is 0 Å². The molecule has 1 aliphatic heterocycles. The molecule has 0 bridgehead atoms. The lowest BCUT2D eigenvalue weighted by Gasteiger charge is -2.39. The molecule has 142 valence electrons. The Morgan fingerprint density at radius 1 is 1.33 bits per heavy atom. The monoisotopic (exact) mass is 387 g/mol. The third-order valence-corrected chi connectivity index (χ3v) is 6.23. The van der Waals surface area contributed by atoms with Crippen molar-refractivity contribution in [3.05, 3.63) is 50.6 Å². The summed E-state index contributed by atoms with van der Waals surface area (Å²) in [5.74, 6) is 0.707. The van der Waals surface area contributed by atoms with Gasteiger partial charge in [-0.3, -0.25) is 15.0 Å². The molecule has 1 saturated heterocycles. The Morgan fingerprint density at radius 2 is 2.07 bits per heavy atom. The molecule has 0 spiro atoms. The van der Waals surface area contributed by atoms with Gasteiger partial charge in [-0.25, -0.2) is 4.98 Å². The first kappa shape index (κ1) is 17.9. The van der Waals surface area contributed by atoms with Crippen molar-refractivity contribution in [3.8, 4) is 5.88 Å². The van der Waals surface area contributed by atoms with Gasteiger partial charge in [-0.15, -0.1) is 5.10 Å². The van der Waals surface area contributed by atoms with E-state index in [-0.39, 0.29) is 17.6 Å². The van der Waals surface area contributed by atoms with E-state index < -0.39 is 4.92 Å². The lowest BCUT2D eigenvalue weighted by molar-refractivity contribution is -0.384. The van der Waals surface area contributed by atoms with Gasteiger partial charge in [-0.1, -0.05) is 29.9 Å². The van der Waals surface area contributed by atoms with Gasteiger partial charge in [0.1, 0.15) is 5.82 Å². The van der Waals surface area contributed by atoms with E-state index in [0.717, 1.165) is 29.8 Å². The molecule has 1 aromatic carbocycles. The molecule has 2 unspecified atom stereocenters. The summed E-state index contributed by atoms with van der Waals surface area (Å²) < 4.78 is 1.47. The highest BCUT2D eigenvalue weighted by Crippen LogP contribution is 2.42. The van der Waals surface area contributed by atoms with Crippen LogP contribution in [0, 0.1) is 17.0 Å². The second-order valence-electron chi connectivity index (χ2n) is 6.98. The number of likely N-dealkylation sites (tertiary alicyclic amines) is 1. The number of thiazole rings is 1. The van der Waals surface area contributed by atoms with Crippen molar-refractivity contribution in [1.29, 1.82) is 0 Å². The topological polar surface area (TPSA) is 96.8 Å². The predicted octanol–water partition coefficient (Wildman–Crippen LogP) is 3.68. The molecule has 2 atom stereocenters. The van der Waals surface area contributed by atoms with Gasteiger partial charge in [-0.05, 0) is 38.8 Å². The maximum atomic E-state index is 11.0. The first-order valence-electron chi connectivity index (χ1n) is 9.01. The first-order chi connectivity index (χ1) is 13.0. The van der Waals surface area contributed by atoms with Crippen LogP contribution in [0.2, 0.25) is 0 Å². The smallest absolute Gasteiger partial charge is 0.269 e. The maximum Gasteiger partial charge on any atom is 0.269 e. The predicted molar refractivity (Wildman–Crippen MR) is 102 cm³/mol. The average molecular weight is 387 g/mol. The Morgan fingerprint density at radius 3 is 2.70 bits per heavy atom. The number of nitrogens with zero attached hydrogens (tertiary/aromatic N) is 5. The summed E-state index contributed by atoms with van der Waals surface area (Å²) in [5.41, 5.74) is 0.984. The largest absolute Gasteiger partial charge is 0.492 e. The van der Waals surface area contributed by atoms with Crippen LogP contribution >= 0.6 is 11.3 Å². The maximum absolute atomic E-state index is 11.0. The highest BCUT2D eigenvalue weighted by atomic mass is 32.1. The van der Waals surface area contributed by atoms with Crippen molar-refractivity contribution in [2.75, 3.05) is 6.54 Å². The standard InChI is InChI=1S/C18H21N5O3S/c1-11-5-3-4-10-21(11)15(13-6-8-14(9-7-13)23(25)26)16-17(24)22-18(27-16)19-12(2)20-22/h6-9,11,15,24H,3-5,10H2,1-2H3. The molecular formula is C18H21N5O3S. The van der Waals surface area contributed by atoms with E-state index in [1.54, 1.807) is 19.1 Å². The number of rotatable bonds is 4. The molecular weight excluding hydrogens is 366 g/mol. The number of hydrogen-bond acceptors (Lipinski definition) is 7. The van der Waals surface area contributed by atoms with Crippen molar-refractivity contribution in [1.82, 2.24) is 19.5 Å². The van der Waals surface area contributed by atoms with Gasteiger partial charge >= 0.3 is 0 Å². The summed E-state index contributed by atoms with van der Waals surface area (Å²) in [4.78, 5) is 18.8. The number of non-ortho nitro benzene ring substituents is 1. The Hall–Kier alpha value is -2.52. The molecule has 8 nitrogen and oxygen atoms in total. The molecule has 1 fully saturated rings. The van der Waals surface area contributed by atoms with Crippen LogP contribution in [0.4, 0.5) is 5.69 Å². The zero-order valence-electron chi connectivity index (χ0n) is 15.2. The van der Waals surface area contributed by atoms with E-state index in [1.807, 2.05) is 0 Å². The molecule has 1 aliphatic rings. The number of nitro benzene ring substituents is 1. The molecule has 0 amide bonds. The fourth-order valence-electron chi connectivity index (χ4n) is 3.80. The summed E-state index contributed by atoms with van der Waals surface area (Å²) in [5, 5.41) is 26.1. The molecule has 1 N–H and O–H groups in total. The van der Waals surface area contributed by atoms with Gasteiger partial charge < -0.3 is 5.11 Å². The molecule has 3 aromatic rings. The number of fused-ring (bicyclic) bond motifs is 1. The normalized spacial score (nSPS) is 19.4. The number of aromatic nitrogens is 3. The molecule has 2 aromatic heterocycles. The van der Waals surface area contributed by atoms with E-state index in [0.29, 0.717) is 16.8 Å². The van der Waals surface area contributed by atoms with E-state index in [2.05, 4.69) is 21.9 Å². The highest BCUT2D eigenvalue weighted by Gasteiger charge is 2.33. The summed E-state index contributed by atoms with van der Waals surface area (Å²) in [6, 6.07) is 6.78. The fraction of sp³-hybridized carbons (Fsp3) is 0.444. The van der Waals surface area contributed by atoms with Crippen LogP contribution in [0.5, 0.6) is 5.88 Å². The number of aromatic hydroxyl groups is 1. The lowest BCUT2D eigenvalue weighted by Crippen LogP contribution is -2.40. The summed E-state index contributed by atoms with van der Waals surface area (Å²) in [7, 11) is 0. The van der Waals surface area contributed by atoms with Gasteiger partial charge in [0, 0.05) is 18.2 Å². The van der Waals surface area contributed by atoms with Crippen LogP contribution in [0.1, 0.15) is 48.5 Å². The summed E-state index contributed by atoms with van der Waals surface area (Å²) in [6.07, 6.45) is 3.36. The molecule has 0 radical (unpaired) electrons. The van der Waals surface area contributed by atoms with Gasteiger partial charge in [0.2, 0.25) is 10.8 Å². The number of piperidine rings is 1. The zero-order chi connectivity index (χ0) is 19.1.